The van der Waals surface area contributed by atoms with Gasteiger partial charge in [-0.25, -0.2) is 0 Å². The van der Waals surface area contributed by atoms with Gasteiger partial charge in [0.05, 0.1) is 0 Å². The van der Waals surface area contributed by atoms with Crippen LogP contribution in [0, 0.1) is 0 Å². The lowest BCUT2D eigenvalue weighted by Crippen LogP contribution is -2.09. The Kier molecular flexibility index (Phi) is 4.39. The summed E-state index contributed by atoms with van der Waals surface area (Å²) in [6.07, 6.45) is 5.44. The van der Waals surface area contributed by atoms with E-state index in [-0.39, 0.29) is 0 Å². The van der Waals surface area contributed by atoms with Crippen LogP contribution in [-0.4, -0.2) is 11.1 Å². The first-order valence-electron chi connectivity index (χ1n) is 6.28. The van der Waals surface area contributed by atoms with Gasteiger partial charge in [0.25, 0.3) is 0 Å². The van der Waals surface area contributed by atoms with Crippen molar-refractivity contribution in [1.29, 1.82) is 0 Å². The Balaban J connectivity index is 1.84. The van der Waals surface area contributed by atoms with Crippen LogP contribution in [-0.2, 0) is 19.4 Å². The highest BCUT2D eigenvalue weighted by atomic mass is 15.0. The third-order valence-corrected chi connectivity index (χ3v) is 3.03. The molecule has 0 fully saturated rings. The van der Waals surface area contributed by atoms with Crippen LogP contribution in [0.15, 0.2) is 48.7 Å². The minimum atomic E-state index is 0.725. The molecule has 0 radical (unpaired) electrons. The van der Waals surface area contributed by atoms with E-state index in [4.69, 9.17) is 5.73 Å². The highest BCUT2D eigenvalue weighted by Crippen LogP contribution is 2.07. The molecule has 0 spiro atoms. The van der Waals surface area contributed by atoms with Crippen molar-refractivity contribution in [3.05, 3.63) is 59.9 Å². The number of nitrogens with two attached hydrogens (primary N) is 1. The lowest BCUT2D eigenvalue weighted by atomic mass is 10.1. The lowest BCUT2D eigenvalue weighted by molar-refractivity contribution is 0.618. The smallest absolute Gasteiger partial charge is 0.0225 e. The van der Waals surface area contributed by atoms with Crippen molar-refractivity contribution in [2.24, 2.45) is 5.73 Å². The van der Waals surface area contributed by atoms with Crippen molar-refractivity contribution in [2.45, 2.75) is 25.8 Å². The van der Waals surface area contributed by atoms with E-state index < -0.39 is 0 Å². The highest BCUT2D eigenvalue weighted by molar-refractivity contribution is 5.14. The molecule has 90 valence electrons. The number of nitrogens with zero attached hydrogens (tertiary/aromatic N) is 1. The van der Waals surface area contributed by atoms with E-state index >= 15 is 0 Å². The van der Waals surface area contributed by atoms with Crippen molar-refractivity contribution < 1.29 is 0 Å². The van der Waals surface area contributed by atoms with E-state index in [9.17, 15) is 0 Å². The van der Waals surface area contributed by atoms with Crippen molar-refractivity contribution >= 4 is 0 Å². The van der Waals surface area contributed by atoms with Crippen LogP contribution in [0.2, 0.25) is 0 Å². The molecular weight excluding hydrogens is 208 g/mol. The number of hydrogen-bond donors (Lipinski definition) is 1. The van der Waals surface area contributed by atoms with E-state index in [2.05, 4.69) is 53.2 Å². The molecule has 0 saturated carbocycles. The number of aryl methyl sites for hydroxylation is 2. The Labute approximate surface area is 103 Å². The zero-order valence-electron chi connectivity index (χ0n) is 10.2. The number of aromatic nitrogens is 1. The van der Waals surface area contributed by atoms with Crippen molar-refractivity contribution in [3.63, 3.8) is 0 Å². The molecule has 0 unspecified atom stereocenters. The van der Waals surface area contributed by atoms with E-state index in [1.54, 1.807) is 0 Å². The number of rotatable bonds is 6. The summed E-state index contributed by atoms with van der Waals surface area (Å²) in [6, 6.07) is 14.9. The summed E-state index contributed by atoms with van der Waals surface area (Å²) >= 11 is 0. The fourth-order valence-corrected chi connectivity index (χ4v) is 2.14. The standard InChI is InChI=1S/C15H20N2/c16-11-10-15-9-5-13-17(15)12-4-8-14-6-2-1-3-7-14/h1-3,5-7,9,13H,4,8,10-12,16H2. The third kappa shape index (κ3) is 3.46. The summed E-state index contributed by atoms with van der Waals surface area (Å²) < 4.78 is 2.32. The van der Waals surface area contributed by atoms with Crippen LogP contribution in [0.25, 0.3) is 0 Å². The first kappa shape index (κ1) is 11.9. The van der Waals surface area contributed by atoms with Crippen LogP contribution in [0.1, 0.15) is 17.7 Å². The molecule has 1 heterocycles. The Hall–Kier alpha value is -1.54. The Morgan fingerprint density at radius 3 is 2.53 bits per heavy atom. The van der Waals surface area contributed by atoms with Gasteiger partial charge in [-0.2, -0.15) is 0 Å². The van der Waals surface area contributed by atoms with Gasteiger partial charge in [0.2, 0.25) is 0 Å². The molecule has 2 heteroatoms. The quantitative estimate of drug-likeness (QED) is 0.809. The van der Waals surface area contributed by atoms with Crippen LogP contribution in [0.4, 0.5) is 0 Å². The predicted molar refractivity (Wildman–Crippen MR) is 72.0 cm³/mol. The van der Waals surface area contributed by atoms with Gasteiger partial charge in [0.15, 0.2) is 0 Å². The monoisotopic (exact) mass is 228 g/mol. The maximum absolute atomic E-state index is 5.60. The Morgan fingerprint density at radius 2 is 1.76 bits per heavy atom. The SMILES string of the molecule is NCCc1cccn1CCCc1ccccc1. The molecule has 2 N–H and O–H groups in total. The zero-order chi connectivity index (χ0) is 11.9. The average Bonchev–Trinajstić information content (AvgIpc) is 2.79. The molecule has 0 bridgehead atoms. The minimum absolute atomic E-state index is 0.725. The van der Waals surface area contributed by atoms with Gasteiger partial charge in [-0.05, 0) is 43.5 Å². The molecule has 0 atom stereocenters. The summed E-state index contributed by atoms with van der Waals surface area (Å²) in [5, 5.41) is 0. The molecule has 0 aliphatic heterocycles. The fraction of sp³-hybridized carbons (Fsp3) is 0.333. The first-order valence-corrected chi connectivity index (χ1v) is 6.28. The van der Waals surface area contributed by atoms with Gasteiger partial charge in [-0.15, -0.1) is 0 Å². The van der Waals surface area contributed by atoms with E-state index in [1.165, 1.54) is 17.7 Å². The molecule has 1 aromatic heterocycles. The summed E-state index contributed by atoms with van der Waals surface area (Å²) in [5.41, 5.74) is 8.36. The molecule has 0 saturated heterocycles. The second-order valence-corrected chi connectivity index (χ2v) is 4.32. The average molecular weight is 228 g/mol. The van der Waals surface area contributed by atoms with Crippen molar-refractivity contribution in [1.82, 2.24) is 4.57 Å². The van der Waals surface area contributed by atoms with Gasteiger partial charge in [-0.1, -0.05) is 30.3 Å². The van der Waals surface area contributed by atoms with Crippen LogP contribution in [0.5, 0.6) is 0 Å². The minimum Gasteiger partial charge on any atom is -0.351 e. The molecule has 0 aliphatic carbocycles. The molecule has 2 rings (SSSR count). The molecule has 0 aliphatic rings. The summed E-state index contributed by atoms with van der Waals surface area (Å²) in [6.45, 7) is 1.81. The van der Waals surface area contributed by atoms with Gasteiger partial charge in [0, 0.05) is 18.4 Å². The summed E-state index contributed by atoms with van der Waals surface area (Å²) in [5.74, 6) is 0. The molecular formula is C15H20N2. The molecule has 2 nitrogen and oxygen atoms in total. The predicted octanol–water partition coefficient (Wildman–Crippen LogP) is 2.62. The molecule has 1 aromatic carbocycles. The van der Waals surface area contributed by atoms with Gasteiger partial charge >= 0.3 is 0 Å². The Morgan fingerprint density at radius 1 is 0.941 bits per heavy atom. The largest absolute Gasteiger partial charge is 0.351 e. The Bertz CT molecular complexity index is 431. The lowest BCUT2D eigenvalue weighted by Gasteiger charge is -2.08. The van der Waals surface area contributed by atoms with Gasteiger partial charge in [0.1, 0.15) is 0 Å². The second-order valence-electron chi connectivity index (χ2n) is 4.32. The summed E-state index contributed by atoms with van der Waals surface area (Å²) in [4.78, 5) is 0. The normalized spacial score (nSPS) is 10.6. The van der Waals surface area contributed by atoms with E-state index in [1.807, 2.05) is 0 Å². The van der Waals surface area contributed by atoms with E-state index in [0.717, 1.165) is 25.9 Å². The molecule has 17 heavy (non-hydrogen) atoms. The maximum Gasteiger partial charge on any atom is 0.0225 e. The second kappa shape index (κ2) is 6.26. The molecule has 0 amide bonds. The number of hydrogen-bond acceptors (Lipinski definition) is 1. The number of benzene rings is 1. The van der Waals surface area contributed by atoms with Crippen molar-refractivity contribution in [3.8, 4) is 0 Å². The van der Waals surface area contributed by atoms with Gasteiger partial charge < -0.3 is 10.3 Å². The van der Waals surface area contributed by atoms with E-state index in [0.29, 0.717) is 0 Å². The first-order chi connectivity index (χ1) is 8.40. The zero-order valence-corrected chi connectivity index (χ0v) is 10.2. The van der Waals surface area contributed by atoms with Gasteiger partial charge in [-0.3, -0.25) is 0 Å². The van der Waals surface area contributed by atoms with Crippen LogP contribution >= 0.6 is 0 Å². The maximum atomic E-state index is 5.60. The fourth-order valence-electron chi connectivity index (χ4n) is 2.14. The third-order valence-electron chi connectivity index (χ3n) is 3.03. The molecule has 2 aromatic rings. The van der Waals surface area contributed by atoms with Crippen LogP contribution < -0.4 is 5.73 Å². The summed E-state index contributed by atoms with van der Waals surface area (Å²) in [7, 11) is 0. The highest BCUT2D eigenvalue weighted by Gasteiger charge is 1.99. The van der Waals surface area contributed by atoms with Crippen molar-refractivity contribution in [2.75, 3.05) is 6.54 Å². The topological polar surface area (TPSA) is 30.9 Å². The van der Waals surface area contributed by atoms with Crippen LogP contribution in [0.3, 0.4) is 0 Å².